The normalized spacial score (nSPS) is 10.3. The third-order valence-corrected chi connectivity index (χ3v) is 2.86. The maximum Gasteiger partial charge on any atom is 0.191 e. The third kappa shape index (κ3) is 4.19. The van der Waals surface area contributed by atoms with Crippen LogP contribution in [0.2, 0.25) is 0 Å². The molecule has 6 heteroatoms. The molecule has 2 aromatic carbocycles. The smallest absolute Gasteiger partial charge is 0.191 e. The fourth-order valence-corrected chi connectivity index (χ4v) is 1.82. The summed E-state index contributed by atoms with van der Waals surface area (Å²) in [5, 5.41) is 16.9. The van der Waals surface area contributed by atoms with Crippen LogP contribution in [0.3, 0.4) is 0 Å². The second-order valence-corrected chi connectivity index (χ2v) is 4.49. The van der Waals surface area contributed by atoms with E-state index in [1.54, 1.807) is 25.3 Å². The van der Waals surface area contributed by atoms with Gasteiger partial charge in [-0.3, -0.25) is 5.43 Å². The van der Waals surface area contributed by atoms with Crippen molar-refractivity contribution < 1.29 is 9.84 Å². The van der Waals surface area contributed by atoms with E-state index in [0.717, 1.165) is 5.69 Å². The molecular weight excluding hydrogens is 286 g/mol. The summed E-state index contributed by atoms with van der Waals surface area (Å²) in [4.78, 5) is 0. The lowest BCUT2D eigenvalue weighted by molar-refractivity contribution is 0.417. The summed E-state index contributed by atoms with van der Waals surface area (Å²) in [7, 11) is 1.59. The van der Waals surface area contributed by atoms with Crippen molar-refractivity contribution in [3.8, 4) is 11.5 Å². The molecule has 0 aliphatic heterocycles. The molecule has 5 nitrogen and oxygen atoms in total. The third-order valence-electron chi connectivity index (χ3n) is 2.66. The average molecular weight is 301 g/mol. The van der Waals surface area contributed by atoms with Crippen molar-refractivity contribution in [1.82, 2.24) is 5.43 Å². The molecule has 0 saturated heterocycles. The quantitative estimate of drug-likeness (QED) is 0.460. The Bertz CT molecular complexity index is 659. The van der Waals surface area contributed by atoms with Crippen molar-refractivity contribution in [1.29, 1.82) is 0 Å². The van der Waals surface area contributed by atoms with Gasteiger partial charge < -0.3 is 15.2 Å². The van der Waals surface area contributed by atoms with Crippen molar-refractivity contribution in [2.45, 2.75) is 0 Å². The van der Waals surface area contributed by atoms with Crippen LogP contribution in [0.15, 0.2) is 53.6 Å². The van der Waals surface area contributed by atoms with Crippen LogP contribution in [0.5, 0.6) is 11.5 Å². The summed E-state index contributed by atoms with van der Waals surface area (Å²) in [5.74, 6) is 0.845. The number of phenolic OH excluding ortho intramolecular Hbond substituents is 1. The minimum Gasteiger partial charge on any atom is -0.507 e. The summed E-state index contributed by atoms with van der Waals surface area (Å²) in [6.07, 6.45) is 1.49. The standard InChI is InChI=1S/C15H15N3O2S/c1-20-14-9-5-3-7-12(14)17-15(21)18-16-10-11-6-2-4-8-13(11)19/h2-10,19H,1H3,(H2,17,18,21). The van der Waals surface area contributed by atoms with Crippen LogP contribution in [-0.4, -0.2) is 23.5 Å². The van der Waals surface area contributed by atoms with E-state index >= 15 is 0 Å². The first-order valence-electron chi connectivity index (χ1n) is 6.22. The Morgan fingerprint density at radius 3 is 2.67 bits per heavy atom. The molecule has 108 valence electrons. The molecule has 2 rings (SSSR count). The van der Waals surface area contributed by atoms with E-state index in [1.807, 2.05) is 30.3 Å². The van der Waals surface area contributed by atoms with Gasteiger partial charge in [-0.2, -0.15) is 5.10 Å². The van der Waals surface area contributed by atoms with E-state index in [2.05, 4.69) is 15.8 Å². The van der Waals surface area contributed by atoms with Gasteiger partial charge >= 0.3 is 0 Å². The number of anilines is 1. The van der Waals surface area contributed by atoms with Gasteiger partial charge in [0, 0.05) is 5.56 Å². The van der Waals surface area contributed by atoms with Gasteiger partial charge in [0.25, 0.3) is 0 Å². The van der Waals surface area contributed by atoms with Crippen molar-refractivity contribution >= 4 is 29.2 Å². The number of aromatic hydroxyl groups is 1. The zero-order chi connectivity index (χ0) is 15.1. The summed E-state index contributed by atoms with van der Waals surface area (Å²) in [6.45, 7) is 0. The fraction of sp³-hybridized carbons (Fsp3) is 0.0667. The Hall–Kier alpha value is -2.60. The lowest BCUT2D eigenvalue weighted by Gasteiger charge is -2.10. The Morgan fingerprint density at radius 1 is 1.19 bits per heavy atom. The Morgan fingerprint density at radius 2 is 1.90 bits per heavy atom. The van der Waals surface area contributed by atoms with Gasteiger partial charge in [0.05, 0.1) is 19.0 Å². The molecule has 0 radical (unpaired) electrons. The largest absolute Gasteiger partial charge is 0.507 e. The number of phenols is 1. The lowest BCUT2D eigenvalue weighted by Crippen LogP contribution is -2.24. The van der Waals surface area contributed by atoms with Crippen LogP contribution in [-0.2, 0) is 0 Å². The van der Waals surface area contributed by atoms with Gasteiger partial charge in [-0.25, -0.2) is 0 Å². The van der Waals surface area contributed by atoms with E-state index in [9.17, 15) is 5.11 Å². The van der Waals surface area contributed by atoms with Gasteiger partial charge in [-0.15, -0.1) is 0 Å². The monoisotopic (exact) mass is 301 g/mol. The molecule has 0 atom stereocenters. The van der Waals surface area contributed by atoms with E-state index in [4.69, 9.17) is 17.0 Å². The number of rotatable bonds is 4. The van der Waals surface area contributed by atoms with Crippen molar-refractivity contribution in [2.75, 3.05) is 12.4 Å². The summed E-state index contributed by atoms with van der Waals surface area (Å²) >= 11 is 5.14. The molecule has 0 amide bonds. The number of methoxy groups -OCH3 is 1. The molecule has 2 aromatic rings. The SMILES string of the molecule is COc1ccccc1NC(=S)NN=Cc1ccccc1O. The zero-order valence-electron chi connectivity index (χ0n) is 11.4. The molecule has 0 spiro atoms. The van der Waals surface area contributed by atoms with Crippen LogP contribution >= 0.6 is 12.2 Å². The lowest BCUT2D eigenvalue weighted by atomic mass is 10.2. The van der Waals surface area contributed by atoms with E-state index in [-0.39, 0.29) is 5.75 Å². The van der Waals surface area contributed by atoms with Crippen LogP contribution in [0.4, 0.5) is 5.69 Å². The average Bonchev–Trinajstić information content (AvgIpc) is 2.50. The Kier molecular flexibility index (Phi) is 5.11. The topological polar surface area (TPSA) is 65.9 Å². The first kappa shape index (κ1) is 14.8. The van der Waals surface area contributed by atoms with Gasteiger partial charge in [0.15, 0.2) is 5.11 Å². The van der Waals surface area contributed by atoms with Crippen molar-refractivity contribution in [3.63, 3.8) is 0 Å². The van der Waals surface area contributed by atoms with Crippen LogP contribution in [0, 0.1) is 0 Å². The first-order chi connectivity index (χ1) is 10.2. The van der Waals surface area contributed by atoms with Gasteiger partial charge in [-0.1, -0.05) is 24.3 Å². The van der Waals surface area contributed by atoms with E-state index < -0.39 is 0 Å². The molecule has 0 aliphatic carbocycles. The molecule has 21 heavy (non-hydrogen) atoms. The highest BCUT2D eigenvalue weighted by Gasteiger charge is 2.02. The van der Waals surface area contributed by atoms with Gasteiger partial charge in [-0.05, 0) is 36.5 Å². The van der Waals surface area contributed by atoms with Crippen molar-refractivity contribution in [2.24, 2.45) is 5.10 Å². The maximum absolute atomic E-state index is 9.60. The molecule has 0 bridgehead atoms. The number of para-hydroxylation sites is 3. The van der Waals surface area contributed by atoms with Crippen molar-refractivity contribution in [3.05, 3.63) is 54.1 Å². The number of hydrogen-bond donors (Lipinski definition) is 3. The number of hydrazone groups is 1. The second kappa shape index (κ2) is 7.25. The van der Waals surface area contributed by atoms with Crippen LogP contribution in [0.1, 0.15) is 5.56 Å². The molecule has 0 aliphatic rings. The molecule has 3 N–H and O–H groups in total. The summed E-state index contributed by atoms with van der Waals surface area (Å²) in [5.41, 5.74) is 4.03. The molecule has 0 fully saturated rings. The number of nitrogens with zero attached hydrogens (tertiary/aromatic N) is 1. The molecule has 0 heterocycles. The number of nitrogens with one attached hydrogen (secondary N) is 2. The Balaban J connectivity index is 1.95. The number of benzene rings is 2. The van der Waals surface area contributed by atoms with Crippen LogP contribution in [0.25, 0.3) is 0 Å². The molecular formula is C15H15N3O2S. The van der Waals surface area contributed by atoms with E-state index in [0.29, 0.717) is 16.4 Å². The molecule has 0 saturated carbocycles. The Labute approximate surface area is 128 Å². The van der Waals surface area contributed by atoms with Crippen LogP contribution < -0.4 is 15.5 Å². The predicted molar refractivity (Wildman–Crippen MR) is 88.1 cm³/mol. The van der Waals surface area contributed by atoms with E-state index in [1.165, 1.54) is 6.21 Å². The molecule has 0 aromatic heterocycles. The second-order valence-electron chi connectivity index (χ2n) is 4.08. The number of thiocarbonyl (C=S) groups is 1. The van der Waals surface area contributed by atoms with Gasteiger partial charge in [0.2, 0.25) is 0 Å². The predicted octanol–water partition coefficient (Wildman–Crippen LogP) is 2.72. The highest BCUT2D eigenvalue weighted by atomic mass is 32.1. The minimum absolute atomic E-state index is 0.159. The van der Waals surface area contributed by atoms with Gasteiger partial charge in [0.1, 0.15) is 11.5 Å². The minimum atomic E-state index is 0.159. The summed E-state index contributed by atoms with van der Waals surface area (Å²) < 4.78 is 5.21. The number of ether oxygens (including phenoxy) is 1. The highest BCUT2D eigenvalue weighted by molar-refractivity contribution is 7.80. The zero-order valence-corrected chi connectivity index (χ0v) is 12.2. The maximum atomic E-state index is 9.60. The summed E-state index contributed by atoms with van der Waals surface area (Å²) in [6, 6.07) is 14.3. The fourth-order valence-electron chi connectivity index (χ4n) is 1.66. The number of hydrogen-bond acceptors (Lipinski definition) is 4. The molecule has 0 unspecified atom stereocenters. The highest BCUT2D eigenvalue weighted by Crippen LogP contribution is 2.22. The first-order valence-corrected chi connectivity index (χ1v) is 6.62.